The van der Waals surface area contributed by atoms with Crippen molar-refractivity contribution in [3.63, 3.8) is 0 Å². The lowest BCUT2D eigenvalue weighted by molar-refractivity contribution is 0.348. The third-order valence-corrected chi connectivity index (χ3v) is 4.49. The van der Waals surface area contributed by atoms with Crippen LogP contribution in [0.15, 0.2) is 24.3 Å². The molecule has 0 unspecified atom stereocenters. The molecule has 18 heavy (non-hydrogen) atoms. The lowest BCUT2D eigenvalue weighted by Gasteiger charge is -2.28. The Morgan fingerprint density at radius 2 is 1.56 bits per heavy atom. The molecule has 0 amide bonds. The van der Waals surface area contributed by atoms with Crippen LogP contribution >= 0.6 is 0 Å². The topological polar surface area (TPSA) is 23.8 Å². The minimum Gasteiger partial charge on any atom is -0.192 e. The molecular formula is C17H20N. The summed E-state index contributed by atoms with van der Waals surface area (Å²) in [7, 11) is 0. The van der Waals surface area contributed by atoms with E-state index < -0.39 is 0 Å². The summed E-state index contributed by atoms with van der Waals surface area (Å²) in [6.45, 7) is 0. The first-order valence-corrected chi connectivity index (χ1v) is 7.20. The number of hydrogen-bond donors (Lipinski definition) is 0. The van der Waals surface area contributed by atoms with Gasteiger partial charge in [-0.05, 0) is 61.6 Å². The van der Waals surface area contributed by atoms with E-state index in [4.69, 9.17) is 5.26 Å². The van der Waals surface area contributed by atoms with Gasteiger partial charge in [0, 0.05) is 5.92 Å². The first-order chi connectivity index (χ1) is 8.85. The fourth-order valence-corrected chi connectivity index (χ4v) is 3.16. The van der Waals surface area contributed by atoms with Crippen molar-refractivity contribution in [3.05, 3.63) is 41.3 Å². The molecular weight excluding hydrogens is 218 g/mol. The Balaban J connectivity index is 1.56. The summed E-state index contributed by atoms with van der Waals surface area (Å²) < 4.78 is 0. The third kappa shape index (κ3) is 2.75. The fraction of sp³-hybridized carbons (Fsp3) is 0.529. The molecule has 2 aliphatic rings. The van der Waals surface area contributed by atoms with Gasteiger partial charge in [-0.25, -0.2) is 0 Å². The van der Waals surface area contributed by atoms with Crippen molar-refractivity contribution in [2.45, 2.75) is 44.9 Å². The van der Waals surface area contributed by atoms with Crippen LogP contribution in [0.25, 0.3) is 0 Å². The second kappa shape index (κ2) is 5.14. The average Bonchev–Trinajstić information content (AvgIpc) is 3.24. The summed E-state index contributed by atoms with van der Waals surface area (Å²) in [5.74, 6) is 3.66. The smallest absolute Gasteiger partial charge is 0.0991 e. The number of benzene rings is 1. The van der Waals surface area contributed by atoms with Crippen molar-refractivity contribution < 1.29 is 0 Å². The minimum atomic E-state index is 0.766. The first-order valence-electron chi connectivity index (χ1n) is 7.20. The molecule has 93 valence electrons. The van der Waals surface area contributed by atoms with Crippen LogP contribution in [-0.4, -0.2) is 0 Å². The van der Waals surface area contributed by atoms with Crippen LogP contribution in [0, 0.1) is 29.1 Å². The number of hydrogen-bond acceptors (Lipinski definition) is 1. The molecule has 3 rings (SSSR count). The molecule has 0 spiro atoms. The van der Waals surface area contributed by atoms with Gasteiger partial charge in [0.15, 0.2) is 0 Å². The van der Waals surface area contributed by atoms with E-state index in [-0.39, 0.29) is 0 Å². The molecule has 1 heteroatoms. The molecule has 0 saturated heterocycles. The van der Waals surface area contributed by atoms with Crippen molar-refractivity contribution in [2.24, 2.45) is 11.8 Å². The van der Waals surface area contributed by atoms with Gasteiger partial charge >= 0.3 is 0 Å². The highest BCUT2D eigenvalue weighted by Crippen LogP contribution is 2.42. The van der Waals surface area contributed by atoms with Crippen LogP contribution in [-0.2, 0) is 0 Å². The van der Waals surface area contributed by atoms with E-state index in [1.807, 2.05) is 12.1 Å². The molecule has 0 bridgehead atoms. The molecule has 2 aliphatic carbocycles. The SMILES string of the molecule is N#Cc1ccc([C]2CCC(CC3CC3)CC2)cc1. The summed E-state index contributed by atoms with van der Waals surface area (Å²) in [5, 5.41) is 8.81. The van der Waals surface area contributed by atoms with Crippen LogP contribution in [0.1, 0.15) is 56.1 Å². The summed E-state index contributed by atoms with van der Waals surface area (Å²) in [6.07, 6.45) is 9.76. The largest absolute Gasteiger partial charge is 0.192 e. The molecule has 2 fully saturated rings. The van der Waals surface area contributed by atoms with Gasteiger partial charge < -0.3 is 0 Å². The van der Waals surface area contributed by atoms with E-state index in [9.17, 15) is 0 Å². The van der Waals surface area contributed by atoms with Gasteiger partial charge in [0.25, 0.3) is 0 Å². The zero-order valence-corrected chi connectivity index (χ0v) is 10.9. The maximum absolute atomic E-state index is 8.81. The number of rotatable bonds is 3. The molecule has 0 aliphatic heterocycles. The molecule has 0 atom stereocenters. The van der Waals surface area contributed by atoms with Crippen LogP contribution in [0.2, 0.25) is 0 Å². The average molecular weight is 238 g/mol. The fourth-order valence-electron chi connectivity index (χ4n) is 3.16. The molecule has 1 radical (unpaired) electrons. The van der Waals surface area contributed by atoms with Gasteiger partial charge in [-0.15, -0.1) is 0 Å². The van der Waals surface area contributed by atoms with Gasteiger partial charge in [0.2, 0.25) is 0 Å². The highest BCUT2D eigenvalue weighted by Gasteiger charge is 2.29. The van der Waals surface area contributed by atoms with E-state index in [2.05, 4.69) is 18.2 Å². The number of nitriles is 1. The summed E-state index contributed by atoms with van der Waals surface area (Å²) in [5.41, 5.74) is 2.13. The van der Waals surface area contributed by atoms with E-state index in [1.165, 1.54) is 50.5 Å². The molecule has 0 N–H and O–H groups in total. The van der Waals surface area contributed by atoms with Gasteiger partial charge in [-0.1, -0.05) is 25.0 Å². The quantitative estimate of drug-likeness (QED) is 0.762. The van der Waals surface area contributed by atoms with Gasteiger partial charge in [-0.3, -0.25) is 0 Å². The zero-order chi connectivity index (χ0) is 12.4. The molecule has 1 nitrogen and oxygen atoms in total. The second-order valence-corrected chi connectivity index (χ2v) is 5.92. The first kappa shape index (κ1) is 11.8. The van der Waals surface area contributed by atoms with Gasteiger partial charge in [0.1, 0.15) is 0 Å². The summed E-state index contributed by atoms with van der Waals surface area (Å²) in [4.78, 5) is 0. The Morgan fingerprint density at radius 3 is 2.11 bits per heavy atom. The Morgan fingerprint density at radius 1 is 0.944 bits per heavy atom. The Labute approximate surface area is 110 Å². The predicted octanol–water partition coefficient (Wildman–Crippen LogP) is 4.47. The van der Waals surface area contributed by atoms with Crippen molar-refractivity contribution >= 4 is 0 Å². The van der Waals surface area contributed by atoms with Gasteiger partial charge in [-0.2, -0.15) is 5.26 Å². The maximum Gasteiger partial charge on any atom is 0.0991 e. The lowest BCUT2D eigenvalue weighted by Crippen LogP contribution is -2.14. The third-order valence-electron chi connectivity index (χ3n) is 4.49. The van der Waals surface area contributed by atoms with Crippen molar-refractivity contribution in [1.82, 2.24) is 0 Å². The molecule has 1 aromatic carbocycles. The molecule has 0 heterocycles. The number of nitrogens with zero attached hydrogens (tertiary/aromatic N) is 1. The summed E-state index contributed by atoms with van der Waals surface area (Å²) in [6, 6.07) is 10.3. The van der Waals surface area contributed by atoms with E-state index >= 15 is 0 Å². The molecule has 2 saturated carbocycles. The minimum absolute atomic E-state index is 0.766. The van der Waals surface area contributed by atoms with Crippen LogP contribution < -0.4 is 0 Å². The van der Waals surface area contributed by atoms with Crippen molar-refractivity contribution in [1.29, 1.82) is 5.26 Å². The zero-order valence-electron chi connectivity index (χ0n) is 10.9. The second-order valence-electron chi connectivity index (χ2n) is 5.92. The monoisotopic (exact) mass is 238 g/mol. The lowest BCUT2D eigenvalue weighted by atomic mass is 9.77. The van der Waals surface area contributed by atoms with Crippen LogP contribution in [0.4, 0.5) is 0 Å². The highest BCUT2D eigenvalue weighted by atomic mass is 14.3. The van der Waals surface area contributed by atoms with E-state index in [1.54, 1.807) is 5.92 Å². The predicted molar refractivity (Wildman–Crippen MR) is 72.8 cm³/mol. The molecule has 1 aromatic rings. The molecule has 0 aromatic heterocycles. The van der Waals surface area contributed by atoms with Crippen LogP contribution in [0.3, 0.4) is 0 Å². The van der Waals surface area contributed by atoms with Crippen molar-refractivity contribution in [3.8, 4) is 6.07 Å². The Hall–Kier alpha value is -1.29. The van der Waals surface area contributed by atoms with E-state index in [0.29, 0.717) is 0 Å². The normalized spacial score (nSPS) is 21.7. The van der Waals surface area contributed by atoms with Gasteiger partial charge in [0.05, 0.1) is 11.6 Å². The van der Waals surface area contributed by atoms with E-state index in [0.717, 1.165) is 17.4 Å². The maximum atomic E-state index is 8.81. The Bertz CT molecular complexity index is 428. The van der Waals surface area contributed by atoms with Crippen LogP contribution in [0.5, 0.6) is 0 Å². The van der Waals surface area contributed by atoms with Crippen molar-refractivity contribution in [2.75, 3.05) is 0 Å². The Kier molecular flexibility index (Phi) is 3.37. The summed E-state index contributed by atoms with van der Waals surface area (Å²) >= 11 is 0. The standard InChI is InChI=1S/C17H20N/c18-12-15-5-9-17(10-6-15)16-7-3-14(4-8-16)11-13-1-2-13/h5-6,9-10,13-14H,1-4,7-8,11H2. The highest BCUT2D eigenvalue weighted by molar-refractivity contribution is 5.38.